The van der Waals surface area contributed by atoms with Gasteiger partial charge in [0.05, 0.1) is 43.2 Å². The lowest BCUT2D eigenvalue weighted by Crippen LogP contribution is -2.68. The van der Waals surface area contributed by atoms with Crippen LogP contribution in [0.1, 0.15) is 140 Å². The number of aliphatic hydroxyl groups excluding tert-OH is 1. The van der Waals surface area contributed by atoms with Gasteiger partial charge in [-0.3, -0.25) is 9.59 Å². The summed E-state index contributed by atoms with van der Waals surface area (Å²) in [7, 11) is 2.15. The van der Waals surface area contributed by atoms with Crippen molar-refractivity contribution in [3.63, 3.8) is 0 Å². The Kier molecular flexibility index (Phi) is 19.6. The fourth-order valence-electron chi connectivity index (χ4n) is 14.3. The Labute approximate surface area is 466 Å². The molecule has 1 N–H and O–H groups in total. The second kappa shape index (κ2) is 25.3. The number of rotatable bonds is 9. The molecule has 1 aliphatic carbocycles. The lowest BCUT2D eigenvalue weighted by atomic mass is 9.78. The van der Waals surface area contributed by atoms with E-state index in [2.05, 4.69) is 114 Å². The molecule has 78 heavy (non-hydrogen) atoms. The third-order valence-corrected chi connectivity index (χ3v) is 23.1. The smallest absolute Gasteiger partial charge is 0.329 e. The number of ether oxygens (including phenoxy) is 8. The zero-order chi connectivity index (χ0) is 56.3. The molecule has 432 valence electrons. The number of esters is 1. The largest absolute Gasteiger partial charge is 0.456 e. The Bertz CT molecular complexity index is 2370. The highest BCUT2D eigenvalue weighted by molar-refractivity contribution is 6.99. The number of amides is 1. The van der Waals surface area contributed by atoms with Crippen LogP contribution >= 0.6 is 0 Å². The van der Waals surface area contributed by atoms with Gasteiger partial charge in [0, 0.05) is 46.1 Å². The summed E-state index contributed by atoms with van der Waals surface area (Å²) in [4.78, 5) is 45.9. The summed E-state index contributed by atoms with van der Waals surface area (Å²) in [6, 6.07) is 20.4. The first-order valence-corrected chi connectivity index (χ1v) is 31.1. The third-order valence-electron chi connectivity index (χ3n) is 18.1. The number of aliphatic hydroxyl groups is 1. The molecular weight excluding hydrogens is 1010 g/mol. The fraction of sp³-hybridized carbons (Fsp3) is 0.698. The van der Waals surface area contributed by atoms with Crippen LogP contribution in [-0.2, 0) is 56.7 Å². The first-order chi connectivity index (χ1) is 37.0. The number of ketones is 1. The average Bonchev–Trinajstić information content (AvgIpc) is 3.50. The minimum Gasteiger partial charge on any atom is -0.456 e. The van der Waals surface area contributed by atoms with Crippen LogP contribution in [0.4, 0.5) is 0 Å². The number of carbonyl (C=O) groups is 3. The third kappa shape index (κ3) is 13.0. The van der Waals surface area contributed by atoms with Crippen LogP contribution < -0.4 is 10.4 Å². The molecule has 14 nitrogen and oxygen atoms in total. The molecule has 2 aromatic rings. The summed E-state index contributed by atoms with van der Waals surface area (Å²) in [6.07, 6.45) is 5.93. The topological polar surface area (TPSA) is 158 Å². The minimum atomic E-state index is -2.90. The summed E-state index contributed by atoms with van der Waals surface area (Å²) in [5, 5.41) is 13.4. The molecule has 1 saturated carbocycles. The van der Waals surface area contributed by atoms with Gasteiger partial charge in [0.25, 0.3) is 14.2 Å². The number of hydrogen-bond acceptors (Lipinski definition) is 13. The minimum absolute atomic E-state index is 0.0496. The molecule has 8 rings (SSSR count). The number of methoxy groups -OCH3 is 3. The monoisotopic (exact) mass is 1100 g/mol. The first kappa shape index (κ1) is 60.5. The fourth-order valence-corrected chi connectivity index (χ4v) is 19.0. The maximum absolute atomic E-state index is 15.2. The Balaban J connectivity index is 1.15. The number of piperidine rings is 1. The lowest BCUT2D eigenvalue weighted by Gasteiger charge is -2.54. The zero-order valence-electron chi connectivity index (χ0n) is 49.1. The highest BCUT2D eigenvalue weighted by atomic mass is 28.4. The predicted octanol–water partition coefficient (Wildman–Crippen LogP) is 9.03. The van der Waals surface area contributed by atoms with Crippen molar-refractivity contribution in [2.45, 2.75) is 217 Å². The molecule has 2 aromatic carbocycles. The van der Waals surface area contributed by atoms with Crippen LogP contribution in [-0.4, -0.2) is 143 Å². The van der Waals surface area contributed by atoms with Gasteiger partial charge in [-0.05, 0) is 131 Å². The van der Waals surface area contributed by atoms with Gasteiger partial charge in [-0.1, -0.05) is 120 Å². The summed E-state index contributed by atoms with van der Waals surface area (Å²) in [6.45, 7) is 21.3. The number of carbonyl (C=O) groups excluding carboxylic acids is 3. The maximum Gasteiger partial charge on any atom is 0.329 e. The number of fused-ring (bicyclic) bond motifs is 4. The van der Waals surface area contributed by atoms with E-state index < -0.39 is 86.1 Å². The van der Waals surface area contributed by atoms with Crippen molar-refractivity contribution in [3.8, 4) is 0 Å². The molecule has 5 heterocycles. The number of benzene rings is 2. The second-order valence-electron chi connectivity index (χ2n) is 25.5. The molecular formula is C63H93NO13Si. The number of hydrogen-bond donors (Lipinski definition) is 1. The molecule has 15 heteroatoms. The highest BCUT2D eigenvalue weighted by Crippen LogP contribution is 2.48. The van der Waals surface area contributed by atoms with E-state index in [0.717, 1.165) is 24.0 Å². The van der Waals surface area contributed by atoms with Gasteiger partial charge in [-0.25, -0.2) is 4.79 Å². The number of Topliss-reactive ketones (excluding diaryl/α,β-unsaturated/α-hetero) is 1. The number of cyclic esters (lactones) is 1. The summed E-state index contributed by atoms with van der Waals surface area (Å²) >= 11 is 0. The van der Waals surface area contributed by atoms with Crippen molar-refractivity contribution in [2.75, 3.05) is 34.5 Å². The quantitative estimate of drug-likeness (QED) is 0.110. The SMILES string of the molecule is CO[C@H]1C[C@@H](C)C/C(C)=C\[C@H]2C[C@@H](O)CO[C@@]23C[C@H](OC(C)(C)O3)[C@@H](C)[C@@H](/C(C)=C/[C@@H]2CC[C@@H](O[Si](c3ccccc3)(c3ccccc3)C(C)(C)C)[C@H](OC)C2)OC(=O)[C@@H]2CCCCN2C(=O)C(=O)[C@@H]2O[C@H]1[C@@H](OC)C[C@H]2C. The molecule has 0 radical (unpaired) electrons. The maximum atomic E-state index is 15.2. The van der Waals surface area contributed by atoms with Crippen molar-refractivity contribution >= 4 is 36.4 Å². The van der Waals surface area contributed by atoms with E-state index >= 15 is 4.79 Å². The highest BCUT2D eigenvalue weighted by Gasteiger charge is 2.57. The Morgan fingerprint density at radius 2 is 1.46 bits per heavy atom. The van der Waals surface area contributed by atoms with E-state index in [1.165, 1.54) is 15.3 Å². The van der Waals surface area contributed by atoms with Crippen LogP contribution in [0.5, 0.6) is 0 Å². The van der Waals surface area contributed by atoms with E-state index in [0.29, 0.717) is 57.8 Å². The normalized spacial score (nSPS) is 37.7. The zero-order valence-corrected chi connectivity index (χ0v) is 50.1. The second-order valence-corrected chi connectivity index (χ2v) is 29.7. The Morgan fingerprint density at radius 1 is 0.821 bits per heavy atom. The molecule has 5 fully saturated rings. The Morgan fingerprint density at radius 3 is 2.09 bits per heavy atom. The predicted molar refractivity (Wildman–Crippen MR) is 301 cm³/mol. The molecule has 1 spiro atoms. The van der Waals surface area contributed by atoms with Crippen molar-refractivity contribution in [3.05, 3.63) is 84.0 Å². The molecule has 16 atom stereocenters. The summed E-state index contributed by atoms with van der Waals surface area (Å²) < 4.78 is 60.3. The van der Waals surface area contributed by atoms with Crippen LogP contribution in [0.3, 0.4) is 0 Å². The van der Waals surface area contributed by atoms with Gasteiger partial charge in [-0.2, -0.15) is 0 Å². The van der Waals surface area contributed by atoms with E-state index in [1.54, 1.807) is 21.3 Å². The van der Waals surface area contributed by atoms with Crippen LogP contribution in [0.25, 0.3) is 0 Å². The van der Waals surface area contributed by atoms with E-state index in [4.69, 9.17) is 42.3 Å². The number of allylic oxidation sites excluding steroid dienone is 2. The summed E-state index contributed by atoms with van der Waals surface area (Å²) in [5.74, 6) is -5.24. The molecule has 1 amide bonds. The average molecular weight is 1100 g/mol. The van der Waals surface area contributed by atoms with Gasteiger partial charge in [0.1, 0.15) is 24.4 Å². The lowest BCUT2D eigenvalue weighted by molar-refractivity contribution is -0.428. The standard InChI is InChI=1S/C63H93NO13Si/c1-39-30-40(2)32-52(70-12)58-53(71-13)34-42(4)57(73-58)55(66)59(67)64-29-21-20-26-49(64)60(68)74-56(43(5)54-37-63(77-62(9,10)75-54)45(31-39)36-46(65)38-72-63)41(3)33-44-27-28-50(51(35-44)69-11)76-78(61(6,7)8,47-22-16-14-17-23-47)48-24-18-15-19-25-48/h14-19,22-25,31,33,40,42-46,49-54,56-58,65H,20-21,26-30,32,34-38H2,1-13H3/b39-31-,41-33+/t40-,42+,43+,44-,45-,46+,49-,50+,51+,52-,53-,54-,56+,57+,58+,63+/m0/s1. The summed E-state index contributed by atoms with van der Waals surface area (Å²) in [5.41, 5.74) is 1.95. The van der Waals surface area contributed by atoms with Crippen molar-refractivity contribution in [1.29, 1.82) is 0 Å². The van der Waals surface area contributed by atoms with Crippen molar-refractivity contribution in [1.82, 2.24) is 4.90 Å². The Hall–Kier alpha value is -3.61. The van der Waals surface area contributed by atoms with Gasteiger partial charge < -0.3 is 52.3 Å². The van der Waals surface area contributed by atoms with Crippen molar-refractivity contribution < 1.29 is 61.8 Å². The van der Waals surface area contributed by atoms with Gasteiger partial charge in [-0.15, -0.1) is 0 Å². The molecule has 5 aliphatic heterocycles. The van der Waals surface area contributed by atoms with Crippen LogP contribution in [0, 0.1) is 29.6 Å². The first-order valence-electron chi connectivity index (χ1n) is 29.2. The van der Waals surface area contributed by atoms with E-state index in [-0.39, 0.29) is 60.2 Å². The van der Waals surface area contributed by atoms with Gasteiger partial charge >= 0.3 is 5.97 Å². The molecule has 4 bridgehead atoms. The molecule has 6 aliphatic rings. The van der Waals surface area contributed by atoms with E-state index in [1.807, 2.05) is 27.7 Å². The van der Waals surface area contributed by atoms with Gasteiger partial charge in [0.15, 0.2) is 11.6 Å². The molecule has 0 unspecified atom stereocenters. The molecule has 4 saturated heterocycles. The van der Waals surface area contributed by atoms with E-state index in [9.17, 15) is 14.7 Å². The van der Waals surface area contributed by atoms with Crippen molar-refractivity contribution in [2.24, 2.45) is 29.6 Å². The van der Waals surface area contributed by atoms with Crippen LogP contribution in [0.2, 0.25) is 5.04 Å². The van der Waals surface area contributed by atoms with Crippen LogP contribution in [0.15, 0.2) is 84.0 Å². The number of nitrogens with zero attached hydrogens (tertiary/aromatic N) is 1. The van der Waals surface area contributed by atoms with Gasteiger partial charge in [0.2, 0.25) is 5.78 Å². The molecule has 0 aromatic heterocycles.